The molecule has 4 heteroatoms. The number of carbonyl (C=O) groups excluding carboxylic acids is 1. The molecule has 2 N–H and O–H groups in total. The number of amides is 1. The number of morpholine rings is 1. The minimum Gasteiger partial charge on any atom is -0.370 e. The van der Waals surface area contributed by atoms with Gasteiger partial charge in [0.25, 0.3) is 0 Å². The maximum absolute atomic E-state index is 12.5. The van der Waals surface area contributed by atoms with Crippen LogP contribution in [0, 0.1) is 0 Å². The van der Waals surface area contributed by atoms with Crippen LogP contribution in [0.25, 0.3) is 0 Å². The highest BCUT2D eigenvalue weighted by Gasteiger charge is 2.29. The fourth-order valence-corrected chi connectivity index (χ4v) is 2.89. The van der Waals surface area contributed by atoms with Crippen LogP contribution in [0.15, 0.2) is 30.3 Å². The summed E-state index contributed by atoms with van der Waals surface area (Å²) in [4.78, 5) is 14.5. The molecule has 1 fully saturated rings. The predicted octanol–water partition coefficient (Wildman–Crippen LogP) is 2.88. The second-order valence-corrected chi connectivity index (χ2v) is 6.08. The highest BCUT2D eigenvalue weighted by Crippen LogP contribution is 2.25. The number of benzene rings is 1. The first-order valence-electron chi connectivity index (χ1n) is 8.38. The molecular formula is C18H28N2O2. The lowest BCUT2D eigenvalue weighted by Crippen LogP contribution is -2.48. The van der Waals surface area contributed by atoms with Crippen molar-refractivity contribution in [3.8, 4) is 0 Å². The highest BCUT2D eigenvalue weighted by molar-refractivity contribution is 5.76. The first-order valence-corrected chi connectivity index (χ1v) is 8.38. The van der Waals surface area contributed by atoms with E-state index in [-0.39, 0.29) is 18.1 Å². The Morgan fingerprint density at radius 3 is 2.68 bits per heavy atom. The SMILES string of the molecule is CC1COC(c2ccccc2)CN1C(=O)CCCCCCN. The molecule has 1 aromatic carbocycles. The average molecular weight is 304 g/mol. The van der Waals surface area contributed by atoms with Gasteiger partial charge in [0.15, 0.2) is 0 Å². The lowest BCUT2D eigenvalue weighted by Gasteiger charge is -2.38. The molecule has 1 heterocycles. The van der Waals surface area contributed by atoms with E-state index in [0.717, 1.165) is 37.8 Å². The lowest BCUT2D eigenvalue weighted by molar-refractivity contribution is -0.144. The summed E-state index contributed by atoms with van der Waals surface area (Å²) in [6, 6.07) is 10.3. The minimum absolute atomic E-state index is 0.00131. The van der Waals surface area contributed by atoms with E-state index in [1.54, 1.807) is 0 Å². The Labute approximate surface area is 133 Å². The predicted molar refractivity (Wildman–Crippen MR) is 88.4 cm³/mol. The maximum atomic E-state index is 12.5. The molecule has 22 heavy (non-hydrogen) atoms. The van der Waals surface area contributed by atoms with E-state index in [1.807, 2.05) is 23.1 Å². The molecular weight excluding hydrogens is 276 g/mol. The Morgan fingerprint density at radius 1 is 1.23 bits per heavy atom. The Morgan fingerprint density at radius 2 is 1.95 bits per heavy atom. The zero-order valence-corrected chi connectivity index (χ0v) is 13.5. The largest absolute Gasteiger partial charge is 0.370 e. The van der Waals surface area contributed by atoms with Gasteiger partial charge in [-0.3, -0.25) is 4.79 Å². The van der Waals surface area contributed by atoms with E-state index in [9.17, 15) is 4.79 Å². The van der Waals surface area contributed by atoms with E-state index in [2.05, 4.69) is 19.1 Å². The molecule has 2 rings (SSSR count). The van der Waals surface area contributed by atoms with Gasteiger partial charge < -0.3 is 15.4 Å². The number of unbranched alkanes of at least 4 members (excludes halogenated alkanes) is 3. The average Bonchev–Trinajstić information content (AvgIpc) is 2.55. The van der Waals surface area contributed by atoms with Gasteiger partial charge >= 0.3 is 0 Å². The molecule has 2 unspecified atom stereocenters. The number of ether oxygens (including phenoxy) is 1. The van der Waals surface area contributed by atoms with E-state index >= 15 is 0 Å². The summed E-state index contributed by atoms with van der Waals surface area (Å²) in [6.07, 6.45) is 4.85. The molecule has 4 nitrogen and oxygen atoms in total. The number of carbonyl (C=O) groups is 1. The van der Waals surface area contributed by atoms with Crippen LogP contribution < -0.4 is 5.73 Å². The maximum Gasteiger partial charge on any atom is 0.222 e. The Kier molecular flexibility index (Phi) is 6.87. The van der Waals surface area contributed by atoms with Crippen LogP contribution in [0.2, 0.25) is 0 Å². The Balaban J connectivity index is 1.84. The summed E-state index contributed by atoms with van der Waals surface area (Å²) in [7, 11) is 0. The fourth-order valence-electron chi connectivity index (χ4n) is 2.89. The van der Waals surface area contributed by atoms with Crippen molar-refractivity contribution in [2.45, 2.75) is 51.2 Å². The monoisotopic (exact) mass is 304 g/mol. The van der Waals surface area contributed by atoms with E-state index in [1.165, 1.54) is 0 Å². The van der Waals surface area contributed by atoms with Crippen molar-refractivity contribution in [3.63, 3.8) is 0 Å². The molecule has 0 bridgehead atoms. The first kappa shape index (κ1) is 17.0. The number of rotatable bonds is 7. The summed E-state index contributed by atoms with van der Waals surface area (Å²) < 4.78 is 5.91. The smallest absolute Gasteiger partial charge is 0.222 e. The van der Waals surface area contributed by atoms with Crippen molar-refractivity contribution < 1.29 is 9.53 Å². The van der Waals surface area contributed by atoms with Crippen LogP contribution in [0.3, 0.4) is 0 Å². The van der Waals surface area contributed by atoms with Crippen molar-refractivity contribution in [1.29, 1.82) is 0 Å². The van der Waals surface area contributed by atoms with Crippen molar-refractivity contribution in [2.75, 3.05) is 19.7 Å². The van der Waals surface area contributed by atoms with Crippen molar-refractivity contribution in [3.05, 3.63) is 35.9 Å². The van der Waals surface area contributed by atoms with E-state index < -0.39 is 0 Å². The summed E-state index contributed by atoms with van der Waals surface area (Å²) >= 11 is 0. The number of nitrogens with zero attached hydrogens (tertiary/aromatic N) is 1. The van der Waals surface area contributed by atoms with Gasteiger partial charge in [-0.15, -0.1) is 0 Å². The third-order valence-electron chi connectivity index (χ3n) is 4.27. The van der Waals surface area contributed by atoms with Gasteiger partial charge in [-0.25, -0.2) is 0 Å². The molecule has 0 radical (unpaired) electrons. The zero-order valence-electron chi connectivity index (χ0n) is 13.5. The van der Waals surface area contributed by atoms with Gasteiger partial charge in [0, 0.05) is 6.42 Å². The Bertz CT molecular complexity index is 450. The fraction of sp³-hybridized carbons (Fsp3) is 0.611. The second-order valence-electron chi connectivity index (χ2n) is 6.08. The third-order valence-corrected chi connectivity index (χ3v) is 4.27. The van der Waals surface area contributed by atoms with Crippen LogP contribution >= 0.6 is 0 Å². The van der Waals surface area contributed by atoms with Crippen LogP contribution in [-0.2, 0) is 9.53 Å². The number of hydrogen-bond donors (Lipinski definition) is 1. The van der Waals surface area contributed by atoms with Gasteiger partial charge in [0.2, 0.25) is 5.91 Å². The first-order chi connectivity index (χ1) is 10.7. The molecule has 122 valence electrons. The second kappa shape index (κ2) is 8.91. The molecule has 0 aliphatic carbocycles. The third kappa shape index (κ3) is 4.82. The van der Waals surface area contributed by atoms with Gasteiger partial charge in [-0.2, -0.15) is 0 Å². The van der Waals surface area contributed by atoms with E-state index in [0.29, 0.717) is 19.6 Å². The zero-order chi connectivity index (χ0) is 15.8. The van der Waals surface area contributed by atoms with Crippen LogP contribution in [0.5, 0.6) is 0 Å². The van der Waals surface area contributed by atoms with Gasteiger partial charge in [0.05, 0.1) is 19.2 Å². The molecule has 2 atom stereocenters. The summed E-state index contributed by atoms with van der Waals surface area (Å²) in [5, 5.41) is 0. The highest BCUT2D eigenvalue weighted by atomic mass is 16.5. The normalized spacial score (nSPS) is 21.8. The number of hydrogen-bond acceptors (Lipinski definition) is 3. The summed E-state index contributed by atoms with van der Waals surface area (Å²) in [6.45, 7) is 4.08. The van der Waals surface area contributed by atoms with Crippen LogP contribution in [0.1, 0.15) is 50.7 Å². The topological polar surface area (TPSA) is 55.6 Å². The molecule has 1 aliphatic heterocycles. The molecule has 0 saturated carbocycles. The van der Waals surface area contributed by atoms with E-state index in [4.69, 9.17) is 10.5 Å². The minimum atomic E-state index is -0.00131. The molecule has 1 aromatic rings. The molecule has 1 aliphatic rings. The quantitative estimate of drug-likeness (QED) is 0.788. The number of nitrogens with two attached hydrogens (primary N) is 1. The van der Waals surface area contributed by atoms with Crippen molar-refractivity contribution >= 4 is 5.91 Å². The molecule has 0 spiro atoms. The lowest BCUT2D eigenvalue weighted by atomic mass is 10.0. The summed E-state index contributed by atoms with van der Waals surface area (Å²) in [5.74, 6) is 0.254. The Hall–Kier alpha value is -1.39. The van der Waals surface area contributed by atoms with Gasteiger partial charge in [0.1, 0.15) is 6.10 Å². The summed E-state index contributed by atoms with van der Waals surface area (Å²) in [5.41, 5.74) is 6.64. The molecule has 1 saturated heterocycles. The van der Waals surface area contributed by atoms with Crippen LogP contribution in [0.4, 0.5) is 0 Å². The van der Waals surface area contributed by atoms with Crippen molar-refractivity contribution in [2.24, 2.45) is 5.73 Å². The van der Waals surface area contributed by atoms with Crippen molar-refractivity contribution in [1.82, 2.24) is 4.90 Å². The van der Waals surface area contributed by atoms with Crippen LogP contribution in [-0.4, -0.2) is 36.5 Å². The standard InChI is InChI=1S/C18H28N2O2/c1-15-14-22-17(16-9-5-4-6-10-16)13-20(15)18(21)11-7-2-3-8-12-19/h4-6,9-10,15,17H,2-3,7-8,11-14,19H2,1H3. The molecule has 1 amide bonds. The van der Waals surface area contributed by atoms with Gasteiger partial charge in [-0.1, -0.05) is 43.2 Å². The molecule has 0 aromatic heterocycles. The van der Waals surface area contributed by atoms with Gasteiger partial charge in [-0.05, 0) is 31.9 Å².